The van der Waals surface area contributed by atoms with E-state index in [0.717, 1.165) is 25.3 Å². The van der Waals surface area contributed by atoms with Gasteiger partial charge in [0.05, 0.1) is 0 Å². The van der Waals surface area contributed by atoms with Crippen LogP contribution in [0.5, 0.6) is 0 Å². The summed E-state index contributed by atoms with van der Waals surface area (Å²) in [4.78, 5) is 8.80. The van der Waals surface area contributed by atoms with E-state index in [0.29, 0.717) is 6.04 Å². The lowest BCUT2D eigenvalue weighted by molar-refractivity contribution is 0.273. The van der Waals surface area contributed by atoms with Crippen molar-refractivity contribution >= 4 is 5.82 Å². The molecule has 2 aliphatic heterocycles. The number of hydrogen-bond donors (Lipinski definition) is 0. The molecule has 0 saturated carbocycles. The van der Waals surface area contributed by atoms with Crippen molar-refractivity contribution in [2.24, 2.45) is 0 Å². The smallest absolute Gasteiger partial charge is 0.214 e. The van der Waals surface area contributed by atoms with Gasteiger partial charge in [-0.2, -0.15) is 4.39 Å². The standard InChI is InChI=1S/C13H18FN3/c14-12-5-1-6-13(15-12)17-9-3-8-16-7-2-4-11(16)10-17/h1,5-6,11H,2-4,7-10H2. The van der Waals surface area contributed by atoms with Gasteiger partial charge in [-0.15, -0.1) is 0 Å². The molecule has 2 aliphatic rings. The first-order valence-corrected chi connectivity index (χ1v) is 6.44. The van der Waals surface area contributed by atoms with Gasteiger partial charge < -0.3 is 4.90 Å². The lowest BCUT2D eigenvalue weighted by Gasteiger charge is -2.26. The number of hydrogen-bond acceptors (Lipinski definition) is 3. The molecule has 3 heterocycles. The average molecular weight is 235 g/mol. The van der Waals surface area contributed by atoms with E-state index in [4.69, 9.17) is 0 Å². The number of aromatic nitrogens is 1. The average Bonchev–Trinajstić information content (AvgIpc) is 2.66. The van der Waals surface area contributed by atoms with Gasteiger partial charge in [0.1, 0.15) is 5.82 Å². The molecule has 92 valence electrons. The molecule has 1 unspecified atom stereocenters. The van der Waals surface area contributed by atoms with Gasteiger partial charge in [0.2, 0.25) is 5.95 Å². The molecule has 0 aromatic carbocycles. The van der Waals surface area contributed by atoms with E-state index < -0.39 is 0 Å². The van der Waals surface area contributed by atoms with Crippen LogP contribution in [-0.2, 0) is 0 Å². The molecule has 3 rings (SSSR count). The highest BCUT2D eigenvalue weighted by Gasteiger charge is 2.29. The zero-order valence-corrected chi connectivity index (χ0v) is 9.98. The Hall–Kier alpha value is -1.16. The molecule has 0 N–H and O–H groups in total. The van der Waals surface area contributed by atoms with Crippen LogP contribution in [-0.4, -0.2) is 42.1 Å². The second-order valence-corrected chi connectivity index (χ2v) is 4.95. The quantitative estimate of drug-likeness (QED) is 0.693. The third kappa shape index (κ3) is 2.27. The van der Waals surface area contributed by atoms with Crippen LogP contribution in [0.4, 0.5) is 10.2 Å². The third-order valence-corrected chi connectivity index (χ3v) is 3.83. The highest BCUT2D eigenvalue weighted by atomic mass is 19.1. The monoisotopic (exact) mass is 235 g/mol. The van der Waals surface area contributed by atoms with E-state index in [1.54, 1.807) is 6.07 Å². The highest BCUT2D eigenvalue weighted by Crippen LogP contribution is 2.23. The summed E-state index contributed by atoms with van der Waals surface area (Å²) in [5.41, 5.74) is 0. The minimum atomic E-state index is -0.380. The maximum absolute atomic E-state index is 13.1. The molecule has 17 heavy (non-hydrogen) atoms. The number of rotatable bonds is 1. The van der Waals surface area contributed by atoms with Crippen molar-refractivity contribution in [3.8, 4) is 0 Å². The van der Waals surface area contributed by atoms with Gasteiger partial charge in [-0.25, -0.2) is 4.98 Å². The molecule has 0 spiro atoms. The van der Waals surface area contributed by atoms with E-state index in [1.165, 1.54) is 32.0 Å². The summed E-state index contributed by atoms with van der Waals surface area (Å²) >= 11 is 0. The van der Waals surface area contributed by atoms with Crippen LogP contribution in [0.2, 0.25) is 0 Å². The summed E-state index contributed by atoms with van der Waals surface area (Å²) in [6.07, 6.45) is 3.72. The fraction of sp³-hybridized carbons (Fsp3) is 0.615. The van der Waals surface area contributed by atoms with Crippen LogP contribution in [0, 0.1) is 5.95 Å². The lowest BCUT2D eigenvalue weighted by atomic mass is 10.2. The summed E-state index contributed by atoms with van der Waals surface area (Å²) in [6, 6.07) is 5.70. The normalized spacial score (nSPS) is 25.7. The SMILES string of the molecule is Fc1cccc(N2CCCN3CCCC3C2)n1. The molecule has 2 fully saturated rings. The number of fused-ring (bicyclic) bond motifs is 1. The fourth-order valence-corrected chi connectivity index (χ4v) is 2.99. The first kappa shape index (κ1) is 11.0. The third-order valence-electron chi connectivity index (χ3n) is 3.83. The minimum Gasteiger partial charge on any atom is -0.355 e. The van der Waals surface area contributed by atoms with Gasteiger partial charge in [0.25, 0.3) is 0 Å². The van der Waals surface area contributed by atoms with Gasteiger partial charge in [0.15, 0.2) is 0 Å². The zero-order chi connectivity index (χ0) is 11.7. The maximum atomic E-state index is 13.1. The fourth-order valence-electron chi connectivity index (χ4n) is 2.99. The summed E-state index contributed by atoms with van der Waals surface area (Å²) in [5, 5.41) is 0. The van der Waals surface area contributed by atoms with Crippen molar-refractivity contribution in [1.29, 1.82) is 0 Å². The van der Waals surface area contributed by atoms with Crippen LogP contribution in [0.25, 0.3) is 0 Å². The van der Waals surface area contributed by atoms with Crippen molar-refractivity contribution in [3.63, 3.8) is 0 Å². The largest absolute Gasteiger partial charge is 0.355 e. The van der Waals surface area contributed by atoms with Crippen LogP contribution in [0.15, 0.2) is 18.2 Å². The van der Waals surface area contributed by atoms with E-state index in [1.807, 2.05) is 6.07 Å². The Morgan fingerprint density at radius 3 is 2.94 bits per heavy atom. The molecule has 4 heteroatoms. The number of nitrogens with zero attached hydrogens (tertiary/aromatic N) is 3. The Labute approximate surface area is 101 Å². The van der Waals surface area contributed by atoms with E-state index in [9.17, 15) is 4.39 Å². The summed E-state index contributed by atoms with van der Waals surface area (Å²) in [7, 11) is 0. The van der Waals surface area contributed by atoms with Crippen molar-refractivity contribution in [2.75, 3.05) is 31.1 Å². The number of pyridine rings is 1. The Bertz CT molecular complexity index is 396. The van der Waals surface area contributed by atoms with Gasteiger partial charge in [-0.1, -0.05) is 6.07 Å². The van der Waals surface area contributed by atoms with E-state index >= 15 is 0 Å². The molecule has 0 bridgehead atoms. The van der Waals surface area contributed by atoms with E-state index in [2.05, 4.69) is 14.8 Å². The van der Waals surface area contributed by atoms with Crippen molar-refractivity contribution in [1.82, 2.24) is 9.88 Å². The second-order valence-electron chi connectivity index (χ2n) is 4.95. The van der Waals surface area contributed by atoms with Crippen molar-refractivity contribution < 1.29 is 4.39 Å². The molecule has 2 saturated heterocycles. The molecular formula is C13H18FN3. The second kappa shape index (κ2) is 4.61. The van der Waals surface area contributed by atoms with Crippen LogP contribution < -0.4 is 4.90 Å². The molecule has 0 amide bonds. The van der Waals surface area contributed by atoms with Crippen molar-refractivity contribution in [2.45, 2.75) is 25.3 Å². The highest BCUT2D eigenvalue weighted by molar-refractivity contribution is 5.38. The molecule has 0 radical (unpaired) electrons. The van der Waals surface area contributed by atoms with Gasteiger partial charge >= 0.3 is 0 Å². The maximum Gasteiger partial charge on any atom is 0.214 e. The summed E-state index contributed by atoms with van der Waals surface area (Å²) in [6.45, 7) is 4.39. The minimum absolute atomic E-state index is 0.380. The zero-order valence-electron chi connectivity index (χ0n) is 9.98. The summed E-state index contributed by atoms with van der Waals surface area (Å²) in [5.74, 6) is 0.411. The van der Waals surface area contributed by atoms with Crippen LogP contribution in [0.1, 0.15) is 19.3 Å². The molecule has 1 aromatic heterocycles. The molecule has 3 nitrogen and oxygen atoms in total. The predicted octanol–water partition coefficient (Wildman–Crippen LogP) is 1.90. The van der Waals surface area contributed by atoms with Gasteiger partial charge in [-0.05, 0) is 37.9 Å². The Balaban J connectivity index is 1.78. The van der Waals surface area contributed by atoms with Crippen LogP contribution in [0.3, 0.4) is 0 Å². The van der Waals surface area contributed by atoms with E-state index in [-0.39, 0.29) is 5.95 Å². The number of anilines is 1. The topological polar surface area (TPSA) is 19.4 Å². The Kier molecular flexibility index (Phi) is 2.97. The Morgan fingerprint density at radius 2 is 2.06 bits per heavy atom. The lowest BCUT2D eigenvalue weighted by Crippen LogP contribution is -2.37. The number of halogens is 1. The Morgan fingerprint density at radius 1 is 1.18 bits per heavy atom. The molecule has 1 aromatic rings. The first-order chi connectivity index (χ1) is 8.33. The summed E-state index contributed by atoms with van der Waals surface area (Å²) < 4.78 is 13.1. The first-order valence-electron chi connectivity index (χ1n) is 6.44. The van der Waals surface area contributed by atoms with Gasteiger partial charge in [-0.3, -0.25) is 4.90 Å². The van der Waals surface area contributed by atoms with Crippen LogP contribution >= 0.6 is 0 Å². The van der Waals surface area contributed by atoms with Crippen molar-refractivity contribution in [3.05, 3.63) is 24.1 Å². The molecule has 0 aliphatic carbocycles. The molecule has 1 atom stereocenters. The van der Waals surface area contributed by atoms with Gasteiger partial charge in [0, 0.05) is 25.7 Å². The molecular weight excluding hydrogens is 217 g/mol. The predicted molar refractivity (Wildman–Crippen MR) is 65.6 cm³/mol.